The van der Waals surface area contributed by atoms with Gasteiger partial charge in [0.05, 0.1) is 11.9 Å². The summed E-state index contributed by atoms with van der Waals surface area (Å²) in [7, 11) is 0. The van der Waals surface area contributed by atoms with Crippen LogP contribution in [0, 0.1) is 0 Å². The normalized spacial score (nSPS) is 14.5. The van der Waals surface area contributed by atoms with Crippen LogP contribution in [-0.4, -0.2) is 24.5 Å². The van der Waals surface area contributed by atoms with Gasteiger partial charge in [-0.05, 0) is 19.3 Å². The van der Waals surface area contributed by atoms with Crippen LogP contribution in [0.1, 0.15) is 24.1 Å². The number of hydrogen-bond donors (Lipinski definition) is 1. The molecule has 7 heteroatoms. The van der Waals surface area contributed by atoms with Crippen molar-refractivity contribution in [2.45, 2.75) is 25.8 Å². The number of fused-ring (bicyclic) bond motifs is 1. The zero-order chi connectivity index (χ0) is 12.7. The van der Waals surface area contributed by atoms with Crippen LogP contribution in [0.25, 0.3) is 5.82 Å². The molecule has 0 fully saturated rings. The Morgan fingerprint density at radius 1 is 1.44 bits per heavy atom. The SMILES string of the molecule is NC(=S)c1cnn(-c2nn3c(c2Cl)CCCC3)c1. The van der Waals surface area contributed by atoms with Gasteiger partial charge in [0, 0.05) is 18.3 Å². The molecule has 1 aliphatic heterocycles. The molecule has 0 radical (unpaired) electrons. The molecule has 3 heterocycles. The highest BCUT2D eigenvalue weighted by atomic mass is 35.5. The van der Waals surface area contributed by atoms with Gasteiger partial charge in [0.1, 0.15) is 10.0 Å². The lowest BCUT2D eigenvalue weighted by Crippen LogP contribution is -2.11. The van der Waals surface area contributed by atoms with Crippen LogP contribution in [0.2, 0.25) is 5.02 Å². The first-order chi connectivity index (χ1) is 8.66. The summed E-state index contributed by atoms with van der Waals surface area (Å²) in [6.07, 6.45) is 6.64. The molecule has 0 saturated heterocycles. The van der Waals surface area contributed by atoms with Crippen molar-refractivity contribution in [2.75, 3.05) is 0 Å². The second kappa shape index (κ2) is 4.37. The Labute approximate surface area is 115 Å². The van der Waals surface area contributed by atoms with E-state index in [2.05, 4.69) is 10.2 Å². The van der Waals surface area contributed by atoms with E-state index in [0.717, 1.165) is 31.5 Å². The van der Waals surface area contributed by atoms with Gasteiger partial charge >= 0.3 is 0 Å². The van der Waals surface area contributed by atoms with Crippen LogP contribution in [0.4, 0.5) is 0 Å². The van der Waals surface area contributed by atoms with Crippen LogP contribution < -0.4 is 5.73 Å². The summed E-state index contributed by atoms with van der Waals surface area (Å²) in [4.78, 5) is 0.321. The summed E-state index contributed by atoms with van der Waals surface area (Å²) in [5.41, 5.74) is 7.36. The molecule has 1 aliphatic rings. The van der Waals surface area contributed by atoms with Gasteiger partial charge in [-0.1, -0.05) is 23.8 Å². The molecule has 0 atom stereocenters. The standard InChI is InChI=1S/C11H12ClN5S/c12-9-8-3-1-2-4-16(8)15-11(9)17-6-7(5-14-17)10(13)18/h5-6H,1-4H2,(H2,13,18). The van der Waals surface area contributed by atoms with Gasteiger partial charge in [-0.25, -0.2) is 4.68 Å². The van der Waals surface area contributed by atoms with Crippen molar-refractivity contribution in [3.8, 4) is 5.82 Å². The molecule has 0 saturated carbocycles. The molecule has 0 bridgehead atoms. The molecular formula is C11H12ClN5S. The number of aryl methyl sites for hydroxylation is 1. The average molecular weight is 282 g/mol. The Balaban J connectivity index is 2.05. The lowest BCUT2D eigenvalue weighted by Gasteiger charge is -2.12. The fourth-order valence-electron chi connectivity index (χ4n) is 2.15. The fraction of sp³-hybridized carbons (Fsp3) is 0.364. The van der Waals surface area contributed by atoms with E-state index in [1.807, 2.05) is 4.68 Å². The Kier molecular flexibility index (Phi) is 2.83. The molecule has 0 spiro atoms. The quantitative estimate of drug-likeness (QED) is 0.851. The molecule has 2 N–H and O–H groups in total. The minimum Gasteiger partial charge on any atom is -0.389 e. The average Bonchev–Trinajstić information content (AvgIpc) is 2.95. The van der Waals surface area contributed by atoms with E-state index in [1.165, 1.54) is 0 Å². The molecule has 0 aliphatic carbocycles. The van der Waals surface area contributed by atoms with Gasteiger partial charge in [0.25, 0.3) is 0 Å². The highest BCUT2D eigenvalue weighted by Gasteiger charge is 2.20. The van der Waals surface area contributed by atoms with Gasteiger partial charge < -0.3 is 5.73 Å². The molecule has 0 unspecified atom stereocenters. The maximum atomic E-state index is 6.36. The van der Waals surface area contributed by atoms with Crippen LogP contribution in [0.3, 0.4) is 0 Å². The molecule has 5 nitrogen and oxygen atoms in total. The Bertz CT molecular complexity index is 615. The summed E-state index contributed by atoms with van der Waals surface area (Å²) in [6.45, 7) is 0.915. The molecule has 2 aromatic heterocycles. The van der Waals surface area contributed by atoms with Crippen LogP contribution in [0.5, 0.6) is 0 Å². The third-order valence-corrected chi connectivity index (χ3v) is 3.72. The van der Waals surface area contributed by atoms with Gasteiger partial charge in [-0.2, -0.15) is 10.2 Å². The van der Waals surface area contributed by atoms with Crippen LogP contribution in [-0.2, 0) is 13.0 Å². The fourth-order valence-corrected chi connectivity index (χ4v) is 2.57. The molecule has 2 aromatic rings. The molecule has 94 valence electrons. The molecule has 0 aromatic carbocycles. The van der Waals surface area contributed by atoms with E-state index in [9.17, 15) is 0 Å². The Morgan fingerprint density at radius 2 is 2.28 bits per heavy atom. The second-order valence-corrected chi connectivity index (χ2v) is 5.12. The van der Waals surface area contributed by atoms with Crippen molar-refractivity contribution >= 4 is 28.8 Å². The summed E-state index contributed by atoms with van der Waals surface area (Å²) in [6, 6.07) is 0. The van der Waals surface area contributed by atoms with Gasteiger partial charge in [-0.3, -0.25) is 4.68 Å². The van der Waals surface area contributed by atoms with Gasteiger partial charge in [-0.15, -0.1) is 0 Å². The second-order valence-electron chi connectivity index (χ2n) is 4.30. The third kappa shape index (κ3) is 1.81. The lowest BCUT2D eigenvalue weighted by molar-refractivity contribution is 0.484. The van der Waals surface area contributed by atoms with Crippen molar-refractivity contribution in [1.82, 2.24) is 19.6 Å². The Hall–Kier alpha value is -1.40. The number of rotatable bonds is 2. The zero-order valence-corrected chi connectivity index (χ0v) is 11.2. The number of nitrogens with zero attached hydrogens (tertiary/aromatic N) is 4. The highest BCUT2D eigenvalue weighted by Crippen LogP contribution is 2.28. The summed E-state index contributed by atoms with van der Waals surface area (Å²) in [5, 5.41) is 9.37. The van der Waals surface area contributed by atoms with Crippen molar-refractivity contribution < 1.29 is 0 Å². The smallest absolute Gasteiger partial charge is 0.194 e. The number of hydrogen-bond acceptors (Lipinski definition) is 3. The molecule has 3 rings (SSSR count). The maximum absolute atomic E-state index is 6.36. The van der Waals surface area contributed by atoms with Crippen LogP contribution in [0.15, 0.2) is 12.4 Å². The van der Waals surface area contributed by atoms with Crippen molar-refractivity contribution in [3.05, 3.63) is 28.7 Å². The maximum Gasteiger partial charge on any atom is 0.194 e. The Morgan fingerprint density at radius 3 is 2.94 bits per heavy atom. The van der Waals surface area contributed by atoms with E-state index in [-0.39, 0.29) is 0 Å². The van der Waals surface area contributed by atoms with Crippen LogP contribution >= 0.6 is 23.8 Å². The number of halogens is 1. The predicted molar refractivity (Wildman–Crippen MR) is 73.2 cm³/mol. The van der Waals surface area contributed by atoms with Gasteiger partial charge in [0.2, 0.25) is 0 Å². The first-order valence-corrected chi connectivity index (χ1v) is 6.55. The van der Waals surface area contributed by atoms with Crippen molar-refractivity contribution in [2.24, 2.45) is 5.73 Å². The van der Waals surface area contributed by atoms with Gasteiger partial charge in [0.15, 0.2) is 5.82 Å². The minimum atomic E-state index is 0.321. The lowest BCUT2D eigenvalue weighted by atomic mass is 10.1. The first kappa shape index (κ1) is 11.7. The molecular weight excluding hydrogens is 270 g/mol. The summed E-state index contributed by atoms with van der Waals surface area (Å²) in [5.74, 6) is 0.649. The first-order valence-electron chi connectivity index (χ1n) is 5.77. The monoisotopic (exact) mass is 281 g/mol. The number of nitrogens with two attached hydrogens (primary N) is 1. The largest absolute Gasteiger partial charge is 0.389 e. The number of aromatic nitrogens is 4. The highest BCUT2D eigenvalue weighted by molar-refractivity contribution is 7.80. The van der Waals surface area contributed by atoms with E-state index >= 15 is 0 Å². The van der Waals surface area contributed by atoms with Crippen molar-refractivity contribution in [3.63, 3.8) is 0 Å². The molecule has 18 heavy (non-hydrogen) atoms. The third-order valence-electron chi connectivity index (χ3n) is 3.09. The number of thiocarbonyl (C=S) groups is 1. The molecule has 0 amide bonds. The topological polar surface area (TPSA) is 61.7 Å². The summed E-state index contributed by atoms with van der Waals surface area (Å²) >= 11 is 11.3. The minimum absolute atomic E-state index is 0.321. The van der Waals surface area contributed by atoms with E-state index in [4.69, 9.17) is 29.6 Å². The zero-order valence-electron chi connectivity index (χ0n) is 9.64. The summed E-state index contributed by atoms with van der Waals surface area (Å²) < 4.78 is 3.59. The van der Waals surface area contributed by atoms with E-state index in [1.54, 1.807) is 17.1 Å². The van der Waals surface area contributed by atoms with E-state index in [0.29, 0.717) is 21.4 Å². The van der Waals surface area contributed by atoms with E-state index < -0.39 is 0 Å². The van der Waals surface area contributed by atoms with Crippen molar-refractivity contribution in [1.29, 1.82) is 0 Å². The predicted octanol–water partition coefficient (Wildman–Crippen LogP) is 1.69.